The molecule has 1 aliphatic rings. The number of piperazine rings is 1. The highest BCUT2D eigenvalue weighted by Gasteiger charge is 2.34. The van der Waals surface area contributed by atoms with E-state index >= 15 is 0 Å². The Labute approximate surface area is 160 Å². The minimum absolute atomic E-state index is 0.109. The second-order valence-electron chi connectivity index (χ2n) is 6.53. The quantitative estimate of drug-likeness (QED) is 0.786. The number of nitrogens with zero attached hydrogens (tertiary/aromatic N) is 6. The molecule has 1 saturated heterocycles. The molecule has 0 atom stereocenters. The lowest BCUT2D eigenvalue weighted by atomic mass is 10.2. The second kappa shape index (κ2) is 7.85. The summed E-state index contributed by atoms with van der Waals surface area (Å²) in [6.07, 6.45) is -2.91. The van der Waals surface area contributed by atoms with Gasteiger partial charge in [-0.1, -0.05) is 11.6 Å². The van der Waals surface area contributed by atoms with Crippen molar-refractivity contribution < 1.29 is 13.2 Å². The maximum Gasteiger partial charge on any atom is 0.433 e. The minimum atomic E-state index is -4.51. The van der Waals surface area contributed by atoms with Crippen LogP contribution in [0.5, 0.6) is 0 Å². The van der Waals surface area contributed by atoms with Crippen molar-refractivity contribution in [3.63, 3.8) is 0 Å². The van der Waals surface area contributed by atoms with E-state index in [9.17, 15) is 13.2 Å². The molecule has 0 spiro atoms. The molecule has 10 heteroatoms. The van der Waals surface area contributed by atoms with E-state index in [1.807, 2.05) is 6.07 Å². The van der Waals surface area contributed by atoms with Gasteiger partial charge in [0.2, 0.25) is 5.95 Å². The van der Waals surface area contributed by atoms with Gasteiger partial charge in [0, 0.05) is 59.1 Å². The molecular formula is C17H20ClF3N6. The van der Waals surface area contributed by atoms with Gasteiger partial charge in [-0.25, -0.2) is 4.98 Å². The molecule has 0 unspecified atom stereocenters. The first-order valence-electron chi connectivity index (χ1n) is 8.44. The minimum Gasteiger partial charge on any atom is -0.363 e. The predicted octanol–water partition coefficient (Wildman–Crippen LogP) is 2.93. The number of anilines is 2. The number of hydrogen-bond donors (Lipinski definition) is 0. The Hall–Kier alpha value is -2.13. The van der Waals surface area contributed by atoms with Crippen molar-refractivity contribution in [2.24, 2.45) is 0 Å². The zero-order chi connectivity index (χ0) is 19.6. The lowest BCUT2D eigenvalue weighted by molar-refractivity contribution is -0.141. The average molecular weight is 401 g/mol. The summed E-state index contributed by atoms with van der Waals surface area (Å²) in [5, 5.41) is 0.585. The lowest BCUT2D eigenvalue weighted by Crippen LogP contribution is -2.46. The van der Waals surface area contributed by atoms with Crippen molar-refractivity contribution in [3.8, 4) is 0 Å². The van der Waals surface area contributed by atoms with E-state index in [-0.39, 0.29) is 11.8 Å². The van der Waals surface area contributed by atoms with Crippen LogP contribution in [0.25, 0.3) is 0 Å². The van der Waals surface area contributed by atoms with Gasteiger partial charge in [0.1, 0.15) is 5.82 Å². The van der Waals surface area contributed by atoms with Crippen LogP contribution in [-0.2, 0) is 12.7 Å². The zero-order valence-corrected chi connectivity index (χ0v) is 15.8. The molecular weight excluding hydrogens is 381 g/mol. The van der Waals surface area contributed by atoms with Crippen molar-refractivity contribution in [2.75, 3.05) is 50.1 Å². The number of pyridine rings is 1. The van der Waals surface area contributed by atoms with Crippen LogP contribution in [0, 0.1) is 0 Å². The molecule has 2 aromatic heterocycles. The standard InChI is InChI=1S/C17H20ClF3N6/c1-25(2)15-9-14(17(19,20)21)23-16(24-15)27-7-5-26(6-8-27)11-13-4-3-12(18)10-22-13/h3-4,9-10H,5-8,11H2,1-2H3. The fraction of sp³-hybridized carbons (Fsp3) is 0.471. The fourth-order valence-electron chi connectivity index (χ4n) is 2.77. The van der Waals surface area contributed by atoms with Gasteiger partial charge in [0.25, 0.3) is 0 Å². The normalized spacial score (nSPS) is 15.9. The first kappa shape index (κ1) is 19.6. The molecule has 3 rings (SSSR count). The van der Waals surface area contributed by atoms with Crippen LogP contribution in [0.3, 0.4) is 0 Å². The van der Waals surface area contributed by atoms with Crippen molar-refractivity contribution in [3.05, 3.63) is 40.8 Å². The molecule has 146 valence electrons. The SMILES string of the molecule is CN(C)c1cc(C(F)(F)F)nc(N2CCN(Cc3ccc(Cl)cn3)CC2)n1. The van der Waals surface area contributed by atoms with E-state index < -0.39 is 11.9 Å². The van der Waals surface area contributed by atoms with Crippen molar-refractivity contribution in [1.82, 2.24) is 19.9 Å². The molecule has 1 aliphatic heterocycles. The first-order valence-corrected chi connectivity index (χ1v) is 8.81. The summed E-state index contributed by atoms with van der Waals surface area (Å²) in [4.78, 5) is 17.8. The molecule has 0 bridgehead atoms. The Kier molecular flexibility index (Phi) is 5.71. The van der Waals surface area contributed by atoms with Gasteiger partial charge in [0.05, 0.1) is 10.7 Å². The highest BCUT2D eigenvalue weighted by Crippen LogP contribution is 2.31. The van der Waals surface area contributed by atoms with Gasteiger partial charge in [-0.05, 0) is 12.1 Å². The summed E-state index contributed by atoms with van der Waals surface area (Å²) in [6, 6.07) is 4.62. The largest absolute Gasteiger partial charge is 0.433 e. The Morgan fingerprint density at radius 1 is 1.11 bits per heavy atom. The highest BCUT2D eigenvalue weighted by molar-refractivity contribution is 6.30. The van der Waals surface area contributed by atoms with Gasteiger partial charge in [-0.2, -0.15) is 18.2 Å². The van der Waals surface area contributed by atoms with Crippen LogP contribution in [0.1, 0.15) is 11.4 Å². The molecule has 0 N–H and O–H groups in total. The molecule has 3 heterocycles. The predicted molar refractivity (Wildman–Crippen MR) is 98.1 cm³/mol. The third-order valence-corrected chi connectivity index (χ3v) is 4.50. The Morgan fingerprint density at radius 2 is 1.81 bits per heavy atom. The number of hydrogen-bond acceptors (Lipinski definition) is 6. The maximum atomic E-state index is 13.2. The highest BCUT2D eigenvalue weighted by atomic mass is 35.5. The first-order chi connectivity index (χ1) is 12.7. The third-order valence-electron chi connectivity index (χ3n) is 4.28. The second-order valence-corrected chi connectivity index (χ2v) is 6.97. The van der Waals surface area contributed by atoms with Gasteiger partial charge >= 0.3 is 6.18 Å². The van der Waals surface area contributed by atoms with Crippen LogP contribution < -0.4 is 9.80 Å². The number of halogens is 4. The van der Waals surface area contributed by atoms with Crippen molar-refractivity contribution >= 4 is 23.4 Å². The zero-order valence-electron chi connectivity index (χ0n) is 15.0. The summed E-state index contributed by atoms with van der Waals surface area (Å²) >= 11 is 5.84. The summed E-state index contributed by atoms with van der Waals surface area (Å²) in [7, 11) is 3.31. The number of alkyl halides is 3. The Morgan fingerprint density at radius 3 is 2.37 bits per heavy atom. The molecule has 0 radical (unpaired) electrons. The smallest absolute Gasteiger partial charge is 0.363 e. The summed E-state index contributed by atoms with van der Waals surface area (Å²) < 4.78 is 39.5. The molecule has 0 saturated carbocycles. The van der Waals surface area contributed by atoms with Gasteiger partial charge < -0.3 is 9.80 Å². The van der Waals surface area contributed by atoms with Crippen LogP contribution in [-0.4, -0.2) is 60.1 Å². The van der Waals surface area contributed by atoms with Crippen molar-refractivity contribution in [1.29, 1.82) is 0 Å². The molecule has 27 heavy (non-hydrogen) atoms. The number of aromatic nitrogens is 3. The Balaban J connectivity index is 1.70. The van der Waals surface area contributed by atoms with E-state index in [4.69, 9.17) is 11.6 Å². The molecule has 2 aromatic rings. The molecule has 1 fully saturated rings. The topological polar surface area (TPSA) is 48.4 Å². The maximum absolute atomic E-state index is 13.2. The average Bonchev–Trinajstić information content (AvgIpc) is 2.63. The summed E-state index contributed by atoms with van der Waals surface area (Å²) in [5.74, 6) is 0.345. The van der Waals surface area contributed by atoms with Crippen LogP contribution >= 0.6 is 11.6 Å². The molecule has 6 nitrogen and oxygen atoms in total. The van der Waals surface area contributed by atoms with E-state index in [1.54, 1.807) is 36.2 Å². The van der Waals surface area contributed by atoms with Crippen LogP contribution in [0.2, 0.25) is 5.02 Å². The van der Waals surface area contributed by atoms with E-state index in [0.29, 0.717) is 37.7 Å². The monoisotopic (exact) mass is 400 g/mol. The number of rotatable bonds is 4. The molecule has 0 aliphatic carbocycles. The van der Waals surface area contributed by atoms with Gasteiger partial charge in [0.15, 0.2) is 5.69 Å². The van der Waals surface area contributed by atoms with E-state index in [1.165, 1.54) is 0 Å². The summed E-state index contributed by atoms with van der Waals surface area (Å²) in [6.45, 7) is 3.11. The summed E-state index contributed by atoms with van der Waals surface area (Å²) in [5.41, 5.74) is -0.0259. The van der Waals surface area contributed by atoms with E-state index in [2.05, 4.69) is 19.9 Å². The van der Waals surface area contributed by atoms with Crippen LogP contribution in [0.15, 0.2) is 24.4 Å². The van der Waals surface area contributed by atoms with Gasteiger partial charge in [-0.3, -0.25) is 9.88 Å². The van der Waals surface area contributed by atoms with Crippen molar-refractivity contribution in [2.45, 2.75) is 12.7 Å². The van der Waals surface area contributed by atoms with Crippen LogP contribution in [0.4, 0.5) is 24.9 Å². The van der Waals surface area contributed by atoms with Gasteiger partial charge in [-0.15, -0.1) is 0 Å². The lowest BCUT2D eigenvalue weighted by Gasteiger charge is -2.35. The Bertz CT molecular complexity index is 773. The molecule has 0 aromatic carbocycles. The molecule has 0 amide bonds. The van der Waals surface area contributed by atoms with E-state index in [0.717, 1.165) is 11.8 Å². The fourth-order valence-corrected chi connectivity index (χ4v) is 2.88. The third kappa shape index (κ3) is 4.98.